The van der Waals surface area contributed by atoms with Crippen LogP contribution in [0.15, 0.2) is 54.6 Å². The Morgan fingerprint density at radius 2 is 1.84 bits per heavy atom. The van der Waals surface area contributed by atoms with Crippen molar-refractivity contribution in [3.8, 4) is 0 Å². The zero-order valence-corrected chi connectivity index (χ0v) is 15.7. The molecule has 0 atom stereocenters. The zero-order valence-electron chi connectivity index (χ0n) is 14.1. The molecule has 0 saturated heterocycles. The van der Waals surface area contributed by atoms with Crippen molar-refractivity contribution in [1.82, 2.24) is 9.78 Å². The summed E-state index contributed by atoms with van der Waals surface area (Å²) in [6, 6.07) is 17.8. The maximum atomic E-state index is 5.93. The molecule has 6 heteroatoms. The lowest BCUT2D eigenvalue weighted by Crippen LogP contribution is -2.19. The van der Waals surface area contributed by atoms with Crippen molar-refractivity contribution in [2.24, 2.45) is 0 Å². The largest absolute Gasteiger partial charge is 0.332 e. The molecule has 0 amide bonds. The van der Waals surface area contributed by atoms with Crippen molar-refractivity contribution in [2.75, 3.05) is 10.6 Å². The quantitative estimate of drug-likeness (QED) is 0.633. The molecule has 0 saturated carbocycles. The fraction of sp³-hybridized carbons (Fsp3) is 0.158. The van der Waals surface area contributed by atoms with Gasteiger partial charge in [-0.25, -0.2) is 0 Å². The molecule has 0 aliphatic carbocycles. The second-order valence-electron chi connectivity index (χ2n) is 5.90. The summed E-state index contributed by atoms with van der Waals surface area (Å²) in [7, 11) is 0. The van der Waals surface area contributed by atoms with Crippen LogP contribution in [-0.2, 0) is 6.54 Å². The predicted molar refractivity (Wildman–Crippen MR) is 109 cm³/mol. The van der Waals surface area contributed by atoms with Crippen LogP contribution in [0.25, 0.3) is 0 Å². The fourth-order valence-electron chi connectivity index (χ4n) is 2.50. The van der Waals surface area contributed by atoms with Gasteiger partial charge in [-0.15, -0.1) is 0 Å². The van der Waals surface area contributed by atoms with Gasteiger partial charge in [0.15, 0.2) is 10.9 Å². The van der Waals surface area contributed by atoms with Crippen LogP contribution in [-0.4, -0.2) is 14.9 Å². The minimum absolute atomic E-state index is 0.516. The minimum Gasteiger partial charge on any atom is -0.332 e. The highest BCUT2D eigenvalue weighted by molar-refractivity contribution is 7.80. The summed E-state index contributed by atoms with van der Waals surface area (Å²) in [6.07, 6.45) is 0. The van der Waals surface area contributed by atoms with Crippen LogP contribution in [0.4, 0.5) is 11.5 Å². The summed E-state index contributed by atoms with van der Waals surface area (Å²) in [5.41, 5.74) is 4.32. The average molecular weight is 371 g/mol. The molecule has 0 aliphatic heterocycles. The summed E-state index contributed by atoms with van der Waals surface area (Å²) in [5, 5.41) is 12.1. The molecule has 0 radical (unpaired) electrons. The van der Waals surface area contributed by atoms with E-state index in [2.05, 4.69) is 15.7 Å². The minimum atomic E-state index is 0.516. The maximum absolute atomic E-state index is 5.93. The van der Waals surface area contributed by atoms with Gasteiger partial charge in [0.25, 0.3) is 0 Å². The summed E-state index contributed by atoms with van der Waals surface area (Å²) in [6.45, 7) is 4.75. The van der Waals surface area contributed by atoms with E-state index in [-0.39, 0.29) is 0 Å². The molecule has 2 aromatic carbocycles. The van der Waals surface area contributed by atoms with E-state index in [1.54, 1.807) is 0 Å². The van der Waals surface area contributed by atoms with Crippen molar-refractivity contribution < 1.29 is 0 Å². The van der Waals surface area contributed by atoms with Crippen LogP contribution in [0, 0.1) is 13.8 Å². The van der Waals surface area contributed by atoms with Gasteiger partial charge < -0.3 is 10.6 Å². The third-order valence-corrected chi connectivity index (χ3v) is 4.20. The lowest BCUT2D eigenvalue weighted by molar-refractivity contribution is 0.668. The smallest absolute Gasteiger partial charge is 0.176 e. The summed E-state index contributed by atoms with van der Waals surface area (Å²) in [5.74, 6) is 0.719. The SMILES string of the molecule is Cc1cccc(NC(=S)Nc2cc(C)n(Cc3ccc(Cl)cc3)n2)c1. The molecule has 1 heterocycles. The predicted octanol–water partition coefficient (Wildman–Crippen LogP) is 5.01. The van der Waals surface area contributed by atoms with Gasteiger partial charge in [-0.2, -0.15) is 5.10 Å². The number of benzene rings is 2. The molecule has 0 bridgehead atoms. The van der Waals surface area contributed by atoms with Crippen molar-refractivity contribution in [3.05, 3.63) is 76.4 Å². The van der Waals surface area contributed by atoms with Gasteiger partial charge in [0, 0.05) is 22.5 Å². The number of aromatic nitrogens is 2. The number of thiocarbonyl (C=S) groups is 1. The Bertz CT molecular complexity index is 887. The second-order valence-corrected chi connectivity index (χ2v) is 6.75. The summed E-state index contributed by atoms with van der Waals surface area (Å²) < 4.78 is 1.93. The van der Waals surface area contributed by atoms with E-state index in [1.807, 2.05) is 73.1 Å². The van der Waals surface area contributed by atoms with Gasteiger partial charge in [0.2, 0.25) is 0 Å². The Kier molecular flexibility index (Phi) is 5.36. The van der Waals surface area contributed by atoms with E-state index in [4.69, 9.17) is 23.8 Å². The zero-order chi connectivity index (χ0) is 17.8. The number of hydrogen-bond donors (Lipinski definition) is 2. The second kappa shape index (κ2) is 7.68. The maximum Gasteiger partial charge on any atom is 0.176 e. The van der Waals surface area contributed by atoms with Crippen LogP contribution in [0.5, 0.6) is 0 Å². The van der Waals surface area contributed by atoms with Crippen molar-refractivity contribution in [2.45, 2.75) is 20.4 Å². The Morgan fingerprint density at radius 1 is 1.08 bits per heavy atom. The van der Waals surface area contributed by atoms with E-state index >= 15 is 0 Å². The molecule has 3 rings (SSSR count). The van der Waals surface area contributed by atoms with Gasteiger partial charge >= 0.3 is 0 Å². The first kappa shape index (κ1) is 17.5. The molecular weight excluding hydrogens is 352 g/mol. The topological polar surface area (TPSA) is 41.9 Å². The molecule has 128 valence electrons. The molecule has 0 aliphatic rings. The molecule has 2 N–H and O–H groups in total. The fourth-order valence-corrected chi connectivity index (χ4v) is 2.84. The van der Waals surface area contributed by atoms with Crippen LogP contribution >= 0.6 is 23.8 Å². The van der Waals surface area contributed by atoms with Gasteiger partial charge in [-0.3, -0.25) is 4.68 Å². The van der Waals surface area contributed by atoms with E-state index in [9.17, 15) is 0 Å². The van der Waals surface area contributed by atoms with Crippen LogP contribution in [0.2, 0.25) is 5.02 Å². The van der Waals surface area contributed by atoms with E-state index in [0.717, 1.165) is 27.8 Å². The number of anilines is 2. The van der Waals surface area contributed by atoms with Crippen molar-refractivity contribution in [1.29, 1.82) is 0 Å². The summed E-state index contributed by atoms with van der Waals surface area (Å²) in [4.78, 5) is 0. The standard InChI is InChI=1S/C19H19ClN4S/c1-13-4-3-5-17(10-13)21-19(25)22-18-11-14(2)24(23-18)12-15-6-8-16(20)9-7-15/h3-11H,12H2,1-2H3,(H2,21,22,23,25). The van der Waals surface area contributed by atoms with Gasteiger partial charge in [0.1, 0.15) is 0 Å². The number of hydrogen-bond acceptors (Lipinski definition) is 2. The van der Waals surface area contributed by atoms with Crippen LogP contribution in [0.1, 0.15) is 16.8 Å². The van der Waals surface area contributed by atoms with E-state index in [1.165, 1.54) is 5.56 Å². The molecule has 0 spiro atoms. The molecule has 3 aromatic rings. The molecular formula is C19H19ClN4S. The number of halogens is 1. The van der Waals surface area contributed by atoms with Crippen LogP contribution < -0.4 is 10.6 Å². The lowest BCUT2D eigenvalue weighted by atomic mass is 10.2. The molecule has 1 aromatic heterocycles. The van der Waals surface area contributed by atoms with E-state index < -0.39 is 0 Å². The molecule has 4 nitrogen and oxygen atoms in total. The Hall–Kier alpha value is -2.37. The van der Waals surface area contributed by atoms with Crippen molar-refractivity contribution in [3.63, 3.8) is 0 Å². The third-order valence-electron chi connectivity index (χ3n) is 3.74. The number of aryl methyl sites for hydroxylation is 2. The molecule has 25 heavy (non-hydrogen) atoms. The highest BCUT2D eigenvalue weighted by Gasteiger charge is 2.07. The first-order valence-corrected chi connectivity index (χ1v) is 8.72. The number of nitrogens with one attached hydrogen (secondary N) is 2. The Balaban J connectivity index is 1.65. The van der Waals surface area contributed by atoms with Crippen LogP contribution in [0.3, 0.4) is 0 Å². The normalized spacial score (nSPS) is 10.5. The monoisotopic (exact) mass is 370 g/mol. The number of rotatable bonds is 4. The molecule has 0 unspecified atom stereocenters. The van der Waals surface area contributed by atoms with Crippen molar-refractivity contribution >= 4 is 40.4 Å². The van der Waals surface area contributed by atoms with Gasteiger partial charge in [-0.1, -0.05) is 35.9 Å². The highest BCUT2D eigenvalue weighted by Crippen LogP contribution is 2.15. The third kappa shape index (κ3) is 4.81. The van der Waals surface area contributed by atoms with Gasteiger partial charge in [-0.05, 0) is 61.5 Å². The average Bonchev–Trinajstić information content (AvgIpc) is 2.88. The first-order valence-electron chi connectivity index (χ1n) is 7.93. The van der Waals surface area contributed by atoms with Gasteiger partial charge in [0.05, 0.1) is 6.54 Å². The highest BCUT2D eigenvalue weighted by atomic mass is 35.5. The Morgan fingerprint density at radius 3 is 2.56 bits per heavy atom. The summed E-state index contributed by atoms with van der Waals surface area (Å²) >= 11 is 11.3. The first-order chi connectivity index (χ1) is 12.0. The van der Waals surface area contributed by atoms with E-state index in [0.29, 0.717) is 11.7 Å². The Labute approximate surface area is 157 Å². The molecule has 0 fully saturated rings. The lowest BCUT2D eigenvalue weighted by Gasteiger charge is -2.09. The number of nitrogens with zero attached hydrogens (tertiary/aromatic N) is 2.